The van der Waals surface area contributed by atoms with E-state index in [1.165, 1.54) is 12.1 Å². The third-order valence-electron chi connectivity index (χ3n) is 2.92. The zero-order valence-corrected chi connectivity index (χ0v) is 10.4. The van der Waals surface area contributed by atoms with Crippen LogP contribution in [0.2, 0.25) is 0 Å². The first-order chi connectivity index (χ1) is 8.61. The van der Waals surface area contributed by atoms with Crippen LogP contribution >= 0.6 is 0 Å². The molecule has 0 fully saturated rings. The lowest BCUT2D eigenvalue weighted by Crippen LogP contribution is -2.30. The van der Waals surface area contributed by atoms with Crippen molar-refractivity contribution in [2.45, 2.75) is 19.9 Å². The van der Waals surface area contributed by atoms with Crippen molar-refractivity contribution in [2.24, 2.45) is 5.84 Å². The number of nitrogens with one attached hydrogen (secondary N) is 1. The number of hydrogen-bond acceptors (Lipinski definition) is 3. The third kappa shape index (κ3) is 2.55. The molecule has 0 radical (unpaired) electrons. The van der Waals surface area contributed by atoms with Gasteiger partial charge in [0.15, 0.2) is 0 Å². The maximum atomic E-state index is 13.1. The summed E-state index contributed by atoms with van der Waals surface area (Å²) in [6.07, 6.45) is 0. The Morgan fingerprint density at radius 3 is 2.61 bits per heavy atom. The van der Waals surface area contributed by atoms with Gasteiger partial charge >= 0.3 is 0 Å². The summed E-state index contributed by atoms with van der Waals surface area (Å²) in [5.41, 5.74) is 6.26. The predicted molar refractivity (Wildman–Crippen MR) is 69.3 cm³/mol. The summed E-state index contributed by atoms with van der Waals surface area (Å²) in [4.78, 5) is 4.45. The van der Waals surface area contributed by atoms with Gasteiger partial charge in [0.2, 0.25) is 0 Å². The second-order valence-corrected chi connectivity index (χ2v) is 4.30. The van der Waals surface area contributed by atoms with E-state index in [-0.39, 0.29) is 11.9 Å². The Morgan fingerprint density at radius 1 is 1.22 bits per heavy atom. The number of halogens is 1. The molecule has 3 nitrogen and oxygen atoms in total. The average molecular weight is 245 g/mol. The van der Waals surface area contributed by atoms with Crippen molar-refractivity contribution in [2.75, 3.05) is 0 Å². The fourth-order valence-corrected chi connectivity index (χ4v) is 2.02. The first-order valence-corrected chi connectivity index (χ1v) is 5.77. The number of aromatic nitrogens is 1. The molecular weight excluding hydrogens is 229 g/mol. The number of aryl methyl sites for hydroxylation is 2. The molecule has 0 aliphatic rings. The van der Waals surface area contributed by atoms with Crippen LogP contribution in [-0.2, 0) is 0 Å². The lowest BCUT2D eigenvalue weighted by molar-refractivity contribution is 0.603. The molecule has 0 bridgehead atoms. The SMILES string of the molecule is Cc1cccc(C(NN)c2ccc(F)cc2C)n1. The van der Waals surface area contributed by atoms with Crippen LogP contribution in [0, 0.1) is 19.7 Å². The Labute approximate surface area is 106 Å². The van der Waals surface area contributed by atoms with Gasteiger partial charge in [-0.1, -0.05) is 12.1 Å². The van der Waals surface area contributed by atoms with E-state index in [9.17, 15) is 4.39 Å². The Bertz CT molecular complexity index is 554. The van der Waals surface area contributed by atoms with Crippen molar-refractivity contribution in [3.8, 4) is 0 Å². The summed E-state index contributed by atoms with van der Waals surface area (Å²) in [5, 5.41) is 0. The van der Waals surface area contributed by atoms with Crippen LogP contribution < -0.4 is 11.3 Å². The molecule has 1 atom stereocenters. The van der Waals surface area contributed by atoms with Gasteiger partial charge in [0.05, 0.1) is 11.7 Å². The van der Waals surface area contributed by atoms with Crippen LogP contribution in [0.1, 0.15) is 28.6 Å². The number of hydrogen-bond donors (Lipinski definition) is 2. The molecule has 1 aromatic heterocycles. The Balaban J connectivity index is 2.45. The highest BCUT2D eigenvalue weighted by Gasteiger charge is 2.16. The molecule has 3 N–H and O–H groups in total. The largest absolute Gasteiger partial charge is 0.271 e. The molecule has 1 aromatic carbocycles. The minimum Gasteiger partial charge on any atom is -0.271 e. The number of hydrazine groups is 1. The molecule has 0 aliphatic heterocycles. The van der Waals surface area contributed by atoms with Gasteiger partial charge in [-0.2, -0.15) is 0 Å². The molecule has 0 saturated carbocycles. The molecule has 0 saturated heterocycles. The summed E-state index contributed by atoms with van der Waals surface area (Å²) in [7, 11) is 0. The van der Waals surface area contributed by atoms with Crippen LogP contribution in [-0.4, -0.2) is 4.98 Å². The van der Waals surface area contributed by atoms with Crippen molar-refractivity contribution in [3.05, 3.63) is 64.7 Å². The zero-order chi connectivity index (χ0) is 13.1. The molecule has 2 aromatic rings. The normalized spacial score (nSPS) is 12.4. The van der Waals surface area contributed by atoms with Crippen molar-refractivity contribution >= 4 is 0 Å². The average Bonchev–Trinajstić information content (AvgIpc) is 2.33. The number of nitrogens with two attached hydrogens (primary N) is 1. The van der Waals surface area contributed by atoms with E-state index in [2.05, 4.69) is 10.4 Å². The van der Waals surface area contributed by atoms with Crippen LogP contribution in [0.25, 0.3) is 0 Å². The smallest absolute Gasteiger partial charge is 0.123 e. The van der Waals surface area contributed by atoms with Crippen molar-refractivity contribution in [1.29, 1.82) is 0 Å². The number of pyridine rings is 1. The molecule has 0 aliphatic carbocycles. The number of rotatable bonds is 3. The van der Waals surface area contributed by atoms with Crippen LogP contribution in [0.3, 0.4) is 0 Å². The highest BCUT2D eigenvalue weighted by molar-refractivity contribution is 5.34. The van der Waals surface area contributed by atoms with E-state index in [0.717, 1.165) is 22.5 Å². The minimum absolute atomic E-state index is 0.231. The summed E-state index contributed by atoms with van der Waals surface area (Å²) in [6, 6.07) is 10.2. The van der Waals surface area contributed by atoms with E-state index in [0.29, 0.717) is 0 Å². The second kappa shape index (κ2) is 5.25. The molecule has 0 spiro atoms. The Hall–Kier alpha value is -1.78. The third-order valence-corrected chi connectivity index (χ3v) is 2.92. The van der Waals surface area contributed by atoms with E-state index >= 15 is 0 Å². The highest BCUT2D eigenvalue weighted by atomic mass is 19.1. The second-order valence-electron chi connectivity index (χ2n) is 4.30. The summed E-state index contributed by atoms with van der Waals surface area (Å²) >= 11 is 0. The van der Waals surface area contributed by atoms with Crippen LogP contribution in [0.4, 0.5) is 4.39 Å². The van der Waals surface area contributed by atoms with Crippen LogP contribution in [0.15, 0.2) is 36.4 Å². The quantitative estimate of drug-likeness (QED) is 0.645. The fraction of sp³-hybridized carbons (Fsp3) is 0.214. The van der Waals surface area contributed by atoms with E-state index < -0.39 is 0 Å². The lowest BCUT2D eigenvalue weighted by atomic mass is 9.98. The van der Waals surface area contributed by atoms with Gasteiger partial charge in [-0.25, -0.2) is 9.82 Å². The molecule has 4 heteroatoms. The predicted octanol–water partition coefficient (Wildman–Crippen LogP) is 2.39. The van der Waals surface area contributed by atoms with E-state index in [1.807, 2.05) is 32.0 Å². The summed E-state index contributed by atoms with van der Waals surface area (Å²) in [6.45, 7) is 3.78. The highest BCUT2D eigenvalue weighted by Crippen LogP contribution is 2.23. The number of nitrogens with zero attached hydrogens (tertiary/aromatic N) is 1. The molecule has 0 amide bonds. The van der Waals surface area contributed by atoms with Crippen LogP contribution in [0.5, 0.6) is 0 Å². The van der Waals surface area contributed by atoms with Crippen molar-refractivity contribution in [3.63, 3.8) is 0 Å². The Kier molecular flexibility index (Phi) is 3.69. The summed E-state index contributed by atoms with van der Waals surface area (Å²) < 4.78 is 13.1. The monoisotopic (exact) mass is 245 g/mol. The van der Waals surface area contributed by atoms with E-state index in [4.69, 9.17) is 5.84 Å². The standard InChI is InChI=1S/C14H16FN3/c1-9-8-11(15)6-7-12(9)14(18-16)13-5-3-4-10(2)17-13/h3-8,14,18H,16H2,1-2H3. The van der Waals surface area contributed by atoms with Crippen molar-refractivity contribution < 1.29 is 4.39 Å². The molecule has 1 unspecified atom stereocenters. The lowest BCUT2D eigenvalue weighted by Gasteiger charge is -2.18. The first-order valence-electron chi connectivity index (χ1n) is 5.77. The van der Waals surface area contributed by atoms with Gasteiger partial charge in [-0.05, 0) is 49.2 Å². The first kappa shape index (κ1) is 12.7. The van der Waals surface area contributed by atoms with Gasteiger partial charge < -0.3 is 0 Å². The molecule has 1 heterocycles. The van der Waals surface area contributed by atoms with Gasteiger partial charge in [0.1, 0.15) is 5.82 Å². The van der Waals surface area contributed by atoms with Gasteiger partial charge in [-0.3, -0.25) is 10.8 Å². The number of benzene rings is 1. The molecular formula is C14H16FN3. The topological polar surface area (TPSA) is 50.9 Å². The Morgan fingerprint density at radius 2 is 2.00 bits per heavy atom. The van der Waals surface area contributed by atoms with Gasteiger partial charge in [0, 0.05) is 5.69 Å². The molecule has 2 rings (SSSR count). The van der Waals surface area contributed by atoms with Crippen molar-refractivity contribution in [1.82, 2.24) is 10.4 Å². The summed E-state index contributed by atoms with van der Waals surface area (Å²) in [5.74, 6) is 5.36. The minimum atomic E-state index is -0.246. The maximum Gasteiger partial charge on any atom is 0.123 e. The van der Waals surface area contributed by atoms with Gasteiger partial charge in [0.25, 0.3) is 0 Å². The van der Waals surface area contributed by atoms with E-state index in [1.54, 1.807) is 6.07 Å². The maximum absolute atomic E-state index is 13.1. The molecule has 94 valence electrons. The molecule has 18 heavy (non-hydrogen) atoms. The van der Waals surface area contributed by atoms with Gasteiger partial charge in [-0.15, -0.1) is 0 Å². The fourth-order valence-electron chi connectivity index (χ4n) is 2.02. The zero-order valence-electron chi connectivity index (χ0n) is 10.4.